The molecule has 0 fully saturated rings. The lowest BCUT2D eigenvalue weighted by Crippen LogP contribution is -2.00. The fraction of sp³-hybridized carbons (Fsp3) is 0.263. The standard InChI is InChI=1S/C19H20N2O/c1-4-14-6-9-16(10-7-14)21-18-11-8-15(13(3)22)12-17(18)20-19(21)5-2/h6-12H,4-5H2,1-3H3. The Morgan fingerprint density at radius 3 is 2.36 bits per heavy atom. The summed E-state index contributed by atoms with van der Waals surface area (Å²) in [6, 6.07) is 14.3. The highest BCUT2D eigenvalue weighted by molar-refractivity contribution is 5.97. The molecule has 0 saturated carbocycles. The minimum atomic E-state index is 0.0711. The van der Waals surface area contributed by atoms with Crippen LogP contribution in [0.15, 0.2) is 42.5 Å². The monoisotopic (exact) mass is 292 g/mol. The molecule has 0 atom stereocenters. The summed E-state index contributed by atoms with van der Waals surface area (Å²) in [6.07, 6.45) is 1.88. The van der Waals surface area contributed by atoms with E-state index in [0.717, 1.165) is 35.4 Å². The number of nitrogens with zero attached hydrogens (tertiary/aromatic N) is 2. The third-order valence-corrected chi connectivity index (χ3v) is 4.05. The molecule has 0 unspecified atom stereocenters. The Bertz CT molecular complexity index is 829. The summed E-state index contributed by atoms with van der Waals surface area (Å²) in [5, 5.41) is 0. The van der Waals surface area contributed by atoms with Crippen LogP contribution in [0.25, 0.3) is 16.7 Å². The number of Topliss-reactive ketones (excluding diaryl/α,β-unsaturated/α-hetero) is 1. The average molecular weight is 292 g/mol. The Kier molecular flexibility index (Phi) is 3.80. The molecule has 1 aromatic heterocycles. The van der Waals surface area contributed by atoms with E-state index in [-0.39, 0.29) is 5.78 Å². The van der Waals surface area contributed by atoms with Crippen molar-refractivity contribution in [2.45, 2.75) is 33.6 Å². The Hall–Kier alpha value is -2.42. The lowest BCUT2D eigenvalue weighted by molar-refractivity contribution is 0.101. The molecule has 3 rings (SSSR count). The zero-order valence-corrected chi connectivity index (χ0v) is 13.3. The van der Waals surface area contributed by atoms with Crippen molar-refractivity contribution in [1.82, 2.24) is 9.55 Å². The molecule has 1 heterocycles. The summed E-state index contributed by atoms with van der Waals surface area (Å²) in [7, 11) is 0. The maximum absolute atomic E-state index is 11.6. The number of ketones is 1. The smallest absolute Gasteiger partial charge is 0.159 e. The fourth-order valence-electron chi connectivity index (χ4n) is 2.76. The van der Waals surface area contributed by atoms with E-state index in [1.165, 1.54) is 5.56 Å². The molecule has 22 heavy (non-hydrogen) atoms. The van der Waals surface area contributed by atoms with Crippen molar-refractivity contribution >= 4 is 16.8 Å². The highest BCUT2D eigenvalue weighted by Gasteiger charge is 2.12. The topological polar surface area (TPSA) is 34.9 Å². The van der Waals surface area contributed by atoms with Crippen LogP contribution >= 0.6 is 0 Å². The highest BCUT2D eigenvalue weighted by atomic mass is 16.1. The minimum absolute atomic E-state index is 0.0711. The van der Waals surface area contributed by atoms with E-state index in [0.29, 0.717) is 5.56 Å². The number of aromatic nitrogens is 2. The third-order valence-electron chi connectivity index (χ3n) is 4.05. The van der Waals surface area contributed by atoms with Crippen LogP contribution in [0, 0.1) is 0 Å². The molecular weight excluding hydrogens is 272 g/mol. The molecule has 3 aromatic rings. The number of benzene rings is 2. The second-order valence-electron chi connectivity index (χ2n) is 5.50. The van der Waals surface area contributed by atoms with Crippen molar-refractivity contribution in [2.75, 3.05) is 0 Å². The number of fused-ring (bicyclic) bond motifs is 1. The number of hydrogen-bond acceptors (Lipinski definition) is 2. The SMILES string of the molecule is CCc1ccc(-n2c(CC)nc3cc(C(C)=O)ccc32)cc1. The number of carbonyl (C=O) groups is 1. The summed E-state index contributed by atoms with van der Waals surface area (Å²) >= 11 is 0. The lowest BCUT2D eigenvalue weighted by atomic mass is 10.1. The molecule has 0 aliphatic heterocycles. The Labute approximate surface area is 130 Å². The molecule has 0 radical (unpaired) electrons. The zero-order chi connectivity index (χ0) is 15.7. The largest absolute Gasteiger partial charge is 0.296 e. The van der Waals surface area contributed by atoms with Gasteiger partial charge in [-0.2, -0.15) is 0 Å². The van der Waals surface area contributed by atoms with Crippen molar-refractivity contribution in [3.8, 4) is 5.69 Å². The van der Waals surface area contributed by atoms with E-state index in [1.807, 2.05) is 18.2 Å². The molecule has 3 heteroatoms. The van der Waals surface area contributed by atoms with Gasteiger partial charge in [0.2, 0.25) is 0 Å². The predicted molar refractivity (Wildman–Crippen MR) is 89.8 cm³/mol. The van der Waals surface area contributed by atoms with Gasteiger partial charge in [-0.05, 0) is 49.2 Å². The van der Waals surface area contributed by atoms with Gasteiger partial charge in [0.05, 0.1) is 11.0 Å². The first kappa shape index (κ1) is 14.5. The normalized spacial score (nSPS) is 11.0. The number of aryl methyl sites for hydroxylation is 2. The van der Waals surface area contributed by atoms with Gasteiger partial charge in [-0.15, -0.1) is 0 Å². The van der Waals surface area contributed by atoms with Crippen LogP contribution in [-0.4, -0.2) is 15.3 Å². The van der Waals surface area contributed by atoms with E-state index in [1.54, 1.807) is 6.92 Å². The highest BCUT2D eigenvalue weighted by Crippen LogP contribution is 2.23. The molecule has 2 aromatic carbocycles. The zero-order valence-electron chi connectivity index (χ0n) is 13.3. The van der Waals surface area contributed by atoms with Gasteiger partial charge in [0.1, 0.15) is 5.82 Å². The number of hydrogen-bond donors (Lipinski definition) is 0. The Balaban J connectivity index is 2.20. The van der Waals surface area contributed by atoms with Crippen molar-refractivity contribution < 1.29 is 4.79 Å². The van der Waals surface area contributed by atoms with Crippen molar-refractivity contribution in [1.29, 1.82) is 0 Å². The van der Waals surface area contributed by atoms with E-state index in [2.05, 4.69) is 42.7 Å². The molecule has 112 valence electrons. The van der Waals surface area contributed by atoms with Gasteiger partial charge < -0.3 is 0 Å². The second kappa shape index (κ2) is 5.76. The van der Waals surface area contributed by atoms with Crippen molar-refractivity contribution in [3.63, 3.8) is 0 Å². The summed E-state index contributed by atoms with van der Waals surface area (Å²) < 4.78 is 2.18. The van der Waals surface area contributed by atoms with E-state index >= 15 is 0 Å². The maximum atomic E-state index is 11.6. The van der Waals surface area contributed by atoms with Gasteiger partial charge in [0, 0.05) is 17.7 Å². The van der Waals surface area contributed by atoms with Crippen LogP contribution in [0.5, 0.6) is 0 Å². The number of carbonyl (C=O) groups excluding carboxylic acids is 1. The van der Waals surface area contributed by atoms with E-state index in [9.17, 15) is 4.79 Å². The molecule has 0 spiro atoms. The third kappa shape index (κ3) is 2.43. The minimum Gasteiger partial charge on any atom is -0.296 e. The van der Waals surface area contributed by atoms with Gasteiger partial charge >= 0.3 is 0 Å². The Morgan fingerprint density at radius 1 is 1.05 bits per heavy atom. The fourth-order valence-corrected chi connectivity index (χ4v) is 2.76. The summed E-state index contributed by atoms with van der Waals surface area (Å²) in [5.41, 5.74) is 5.08. The molecule has 0 aliphatic carbocycles. The molecule has 0 N–H and O–H groups in total. The van der Waals surface area contributed by atoms with Crippen LogP contribution < -0.4 is 0 Å². The summed E-state index contributed by atoms with van der Waals surface area (Å²) in [4.78, 5) is 16.3. The van der Waals surface area contributed by atoms with Crippen LogP contribution in [0.4, 0.5) is 0 Å². The lowest BCUT2D eigenvalue weighted by Gasteiger charge is -2.09. The van der Waals surface area contributed by atoms with Gasteiger partial charge in [-0.3, -0.25) is 9.36 Å². The quantitative estimate of drug-likeness (QED) is 0.670. The molecular formula is C19H20N2O. The molecule has 0 amide bonds. The van der Waals surface area contributed by atoms with Crippen LogP contribution in [0.3, 0.4) is 0 Å². The van der Waals surface area contributed by atoms with Gasteiger partial charge in [-0.1, -0.05) is 26.0 Å². The van der Waals surface area contributed by atoms with Crippen LogP contribution in [0.1, 0.15) is 42.5 Å². The van der Waals surface area contributed by atoms with Gasteiger partial charge in [-0.25, -0.2) is 4.98 Å². The van der Waals surface area contributed by atoms with Gasteiger partial charge in [0.15, 0.2) is 5.78 Å². The first-order chi connectivity index (χ1) is 10.6. The molecule has 0 saturated heterocycles. The predicted octanol–water partition coefficient (Wildman–Crippen LogP) is 4.35. The number of rotatable bonds is 4. The molecule has 0 aliphatic rings. The summed E-state index contributed by atoms with van der Waals surface area (Å²) in [6.45, 7) is 5.84. The van der Waals surface area contributed by atoms with Gasteiger partial charge in [0.25, 0.3) is 0 Å². The van der Waals surface area contributed by atoms with E-state index < -0.39 is 0 Å². The molecule has 3 nitrogen and oxygen atoms in total. The van der Waals surface area contributed by atoms with Crippen molar-refractivity contribution in [2.24, 2.45) is 0 Å². The first-order valence-corrected chi connectivity index (χ1v) is 7.75. The molecule has 0 bridgehead atoms. The summed E-state index contributed by atoms with van der Waals surface area (Å²) in [5.74, 6) is 1.08. The first-order valence-electron chi connectivity index (χ1n) is 7.75. The second-order valence-corrected chi connectivity index (χ2v) is 5.50. The van der Waals surface area contributed by atoms with Crippen molar-refractivity contribution in [3.05, 3.63) is 59.4 Å². The Morgan fingerprint density at radius 2 is 1.77 bits per heavy atom. The number of imidazole rings is 1. The maximum Gasteiger partial charge on any atom is 0.159 e. The van der Waals surface area contributed by atoms with E-state index in [4.69, 9.17) is 4.98 Å². The van der Waals surface area contributed by atoms with Crippen LogP contribution in [-0.2, 0) is 12.8 Å². The average Bonchev–Trinajstić information content (AvgIpc) is 2.92. The van der Waals surface area contributed by atoms with Crippen LogP contribution in [0.2, 0.25) is 0 Å².